The number of hydrogen-bond donors (Lipinski definition) is 3. The third kappa shape index (κ3) is 4.76. The van der Waals surface area contributed by atoms with Crippen LogP contribution in [0.5, 0.6) is 0 Å². The maximum atomic E-state index is 12.2. The molecule has 8 nitrogen and oxygen atoms in total. The molecule has 0 spiro atoms. The quantitative estimate of drug-likeness (QED) is 0.494. The first-order chi connectivity index (χ1) is 13.9. The van der Waals surface area contributed by atoms with Gasteiger partial charge in [0.2, 0.25) is 15.8 Å². The van der Waals surface area contributed by atoms with Crippen LogP contribution >= 0.6 is 11.6 Å². The summed E-state index contributed by atoms with van der Waals surface area (Å²) in [5, 5.41) is 4.43. The molecule has 0 bridgehead atoms. The Balaban J connectivity index is 1.37. The molecule has 10 heteroatoms. The summed E-state index contributed by atoms with van der Waals surface area (Å²) in [7, 11) is -3.51. The van der Waals surface area contributed by atoms with E-state index in [4.69, 9.17) is 16.1 Å². The number of aromatic nitrogens is 1. The van der Waals surface area contributed by atoms with Crippen molar-refractivity contribution < 1.29 is 17.7 Å². The fourth-order valence-electron chi connectivity index (χ4n) is 2.56. The topological polar surface area (TPSA) is 113 Å². The van der Waals surface area contributed by atoms with Crippen LogP contribution in [0.3, 0.4) is 0 Å². The minimum atomic E-state index is -3.51. The fourth-order valence-corrected chi connectivity index (χ4v) is 4.06. The maximum absolute atomic E-state index is 12.2. The van der Waals surface area contributed by atoms with Gasteiger partial charge in [0, 0.05) is 22.7 Å². The van der Waals surface area contributed by atoms with Crippen molar-refractivity contribution in [1.82, 2.24) is 15.3 Å². The van der Waals surface area contributed by atoms with Crippen LogP contribution in [-0.2, 0) is 10.0 Å². The molecule has 1 fully saturated rings. The SMILES string of the molecule is O=C(NNc1ccc(S(=O)(=O)NC2CC2)cc1)c1cc(-c2cccc(Cl)c2)no1. The van der Waals surface area contributed by atoms with E-state index in [0.29, 0.717) is 16.4 Å². The minimum absolute atomic E-state index is 0.0142. The van der Waals surface area contributed by atoms with Crippen LogP contribution in [0.1, 0.15) is 23.4 Å². The van der Waals surface area contributed by atoms with Crippen molar-refractivity contribution in [3.8, 4) is 11.3 Å². The molecule has 1 aromatic heterocycles. The molecule has 1 saturated carbocycles. The van der Waals surface area contributed by atoms with Gasteiger partial charge in [0.05, 0.1) is 10.6 Å². The number of sulfonamides is 1. The lowest BCUT2D eigenvalue weighted by Crippen LogP contribution is -2.29. The lowest BCUT2D eigenvalue weighted by Gasteiger charge is -2.09. The smallest absolute Gasteiger partial charge is 0.308 e. The molecule has 0 unspecified atom stereocenters. The van der Waals surface area contributed by atoms with E-state index >= 15 is 0 Å². The number of nitrogens with zero attached hydrogens (tertiary/aromatic N) is 1. The molecule has 0 radical (unpaired) electrons. The summed E-state index contributed by atoms with van der Waals surface area (Å²) in [6, 6.07) is 14.6. The highest BCUT2D eigenvalue weighted by atomic mass is 35.5. The molecular weight excluding hydrogens is 416 g/mol. The molecule has 4 rings (SSSR count). The molecule has 1 aliphatic rings. The van der Waals surface area contributed by atoms with Crippen LogP contribution in [0.25, 0.3) is 11.3 Å². The van der Waals surface area contributed by atoms with Gasteiger partial charge in [0.1, 0.15) is 5.69 Å². The molecule has 29 heavy (non-hydrogen) atoms. The summed E-state index contributed by atoms with van der Waals surface area (Å²) in [5.41, 5.74) is 6.91. The van der Waals surface area contributed by atoms with Crippen LogP contribution in [0.2, 0.25) is 5.02 Å². The summed E-state index contributed by atoms with van der Waals surface area (Å²) in [4.78, 5) is 12.4. The molecule has 1 heterocycles. The second-order valence-electron chi connectivity index (χ2n) is 6.59. The normalized spacial score (nSPS) is 13.8. The van der Waals surface area contributed by atoms with Gasteiger partial charge in [-0.1, -0.05) is 28.9 Å². The zero-order chi connectivity index (χ0) is 20.4. The maximum Gasteiger partial charge on any atom is 0.308 e. The molecule has 2 aromatic carbocycles. The molecule has 1 aliphatic carbocycles. The Morgan fingerprint density at radius 3 is 2.55 bits per heavy atom. The van der Waals surface area contributed by atoms with Crippen molar-refractivity contribution in [3.05, 3.63) is 65.4 Å². The van der Waals surface area contributed by atoms with E-state index in [1.54, 1.807) is 36.4 Å². The van der Waals surface area contributed by atoms with E-state index in [0.717, 1.165) is 18.4 Å². The van der Waals surface area contributed by atoms with E-state index < -0.39 is 15.9 Å². The Bertz CT molecular complexity index is 1140. The average Bonchev–Trinajstić information content (AvgIpc) is 3.36. The number of benzene rings is 2. The molecule has 0 aliphatic heterocycles. The third-order valence-corrected chi connectivity index (χ3v) is 6.01. The lowest BCUT2D eigenvalue weighted by molar-refractivity contribution is 0.0926. The number of amides is 1. The first kappa shape index (κ1) is 19.4. The molecular formula is C19H17ClN4O4S. The predicted molar refractivity (Wildman–Crippen MR) is 108 cm³/mol. The lowest BCUT2D eigenvalue weighted by atomic mass is 10.1. The third-order valence-electron chi connectivity index (χ3n) is 4.24. The Morgan fingerprint density at radius 1 is 1.10 bits per heavy atom. The van der Waals surface area contributed by atoms with E-state index in [2.05, 4.69) is 20.7 Å². The molecule has 3 N–H and O–H groups in total. The predicted octanol–water partition coefficient (Wildman–Crippen LogP) is 3.19. The van der Waals surface area contributed by atoms with Crippen LogP contribution in [0, 0.1) is 0 Å². The number of carbonyl (C=O) groups is 1. The van der Waals surface area contributed by atoms with Crippen molar-refractivity contribution in [2.45, 2.75) is 23.8 Å². The standard InChI is InChI=1S/C19H17ClN4O4S/c20-13-3-1-2-12(10-13)17-11-18(28-23-17)19(25)22-21-14-6-8-16(9-7-14)29(26,27)24-15-4-5-15/h1-3,6-11,15,21,24H,4-5H2,(H,22,25). The van der Waals surface area contributed by atoms with Gasteiger partial charge in [-0.3, -0.25) is 15.6 Å². The molecule has 1 amide bonds. The average molecular weight is 433 g/mol. The summed E-state index contributed by atoms with van der Waals surface area (Å²) < 4.78 is 32.0. The number of hydrazine groups is 1. The number of nitrogens with one attached hydrogen (secondary N) is 3. The van der Waals surface area contributed by atoms with E-state index in [1.165, 1.54) is 18.2 Å². The summed E-state index contributed by atoms with van der Waals surface area (Å²) in [5.74, 6) is -0.516. The van der Waals surface area contributed by atoms with Gasteiger partial charge >= 0.3 is 5.91 Å². The number of anilines is 1. The van der Waals surface area contributed by atoms with E-state index in [9.17, 15) is 13.2 Å². The van der Waals surface area contributed by atoms with Gasteiger partial charge in [0.25, 0.3) is 0 Å². The monoisotopic (exact) mass is 432 g/mol. The van der Waals surface area contributed by atoms with Crippen LogP contribution in [0.4, 0.5) is 5.69 Å². The van der Waals surface area contributed by atoms with Crippen molar-refractivity contribution in [1.29, 1.82) is 0 Å². The van der Waals surface area contributed by atoms with Crippen molar-refractivity contribution in [2.24, 2.45) is 0 Å². The second-order valence-corrected chi connectivity index (χ2v) is 8.74. The zero-order valence-electron chi connectivity index (χ0n) is 15.1. The van der Waals surface area contributed by atoms with Gasteiger partial charge in [-0.15, -0.1) is 0 Å². The van der Waals surface area contributed by atoms with Gasteiger partial charge in [-0.2, -0.15) is 0 Å². The second kappa shape index (κ2) is 7.86. The minimum Gasteiger partial charge on any atom is -0.350 e. The van der Waals surface area contributed by atoms with Gasteiger partial charge in [-0.25, -0.2) is 13.1 Å². The summed E-state index contributed by atoms with van der Waals surface area (Å²) in [6.07, 6.45) is 1.73. The Hall–Kier alpha value is -2.88. The number of carbonyl (C=O) groups excluding carboxylic acids is 1. The molecule has 150 valence electrons. The molecule has 3 aromatic rings. The van der Waals surface area contributed by atoms with Crippen LogP contribution < -0.4 is 15.6 Å². The van der Waals surface area contributed by atoms with Crippen molar-refractivity contribution in [3.63, 3.8) is 0 Å². The van der Waals surface area contributed by atoms with E-state index in [1.807, 2.05) is 0 Å². The first-order valence-electron chi connectivity index (χ1n) is 8.82. The van der Waals surface area contributed by atoms with Gasteiger partial charge in [0.15, 0.2) is 0 Å². The highest BCUT2D eigenvalue weighted by Gasteiger charge is 2.27. The Kier molecular flexibility index (Phi) is 5.27. The summed E-state index contributed by atoms with van der Waals surface area (Å²) in [6.45, 7) is 0. The van der Waals surface area contributed by atoms with Gasteiger partial charge < -0.3 is 4.52 Å². The van der Waals surface area contributed by atoms with E-state index in [-0.39, 0.29) is 16.7 Å². The highest BCUT2D eigenvalue weighted by Crippen LogP contribution is 2.23. The first-order valence-corrected chi connectivity index (χ1v) is 10.7. The molecule has 0 saturated heterocycles. The van der Waals surface area contributed by atoms with Crippen molar-refractivity contribution >= 4 is 33.2 Å². The largest absolute Gasteiger partial charge is 0.350 e. The van der Waals surface area contributed by atoms with Crippen LogP contribution in [-0.4, -0.2) is 25.5 Å². The number of rotatable bonds is 7. The number of hydrogen-bond acceptors (Lipinski definition) is 6. The van der Waals surface area contributed by atoms with Gasteiger partial charge in [-0.05, 0) is 49.2 Å². The highest BCUT2D eigenvalue weighted by molar-refractivity contribution is 7.89. The van der Waals surface area contributed by atoms with Crippen LogP contribution in [0.15, 0.2) is 64.0 Å². The summed E-state index contributed by atoms with van der Waals surface area (Å²) >= 11 is 5.96. The Morgan fingerprint density at radius 2 is 1.86 bits per heavy atom. The fraction of sp³-hybridized carbons (Fsp3) is 0.158. The molecule has 0 atom stereocenters. The number of halogens is 1. The van der Waals surface area contributed by atoms with Crippen molar-refractivity contribution in [2.75, 3.05) is 5.43 Å². The zero-order valence-corrected chi connectivity index (χ0v) is 16.6. The Labute approximate surface area is 172 Å².